The quantitative estimate of drug-likeness (QED) is 0.212. The fraction of sp³-hybridized carbons (Fsp3) is 0.440. The molecular formula is C25H31ClIN3O5. The van der Waals surface area contributed by atoms with Gasteiger partial charge in [-0.15, -0.1) is 16.7 Å². The molecule has 0 saturated carbocycles. The van der Waals surface area contributed by atoms with Crippen molar-refractivity contribution in [3.8, 4) is 11.5 Å². The van der Waals surface area contributed by atoms with Gasteiger partial charge in [-0.2, -0.15) is 0 Å². The molecule has 10 heteroatoms. The van der Waals surface area contributed by atoms with Gasteiger partial charge in [-0.3, -0.25) is 0 Å². The molecule has 35 heavy (non-hydrogen) atoms. The Morgan fingerprint density at radius 3 is 2.31 bits per heavy atom. The molecule has 8 nitrogen and oxygen atoms in total. The minimum atomic E-state index is -0.803. The summed E-state index contributed by atoms with van der Waals surface area (Å²) in [4.78, 5) is 0. The van der Waals surface area contributed by atoms with Crippen molar-refractivity contribution in [2.45, 2.75) is 51.5 Å². The molecule has 0 aliphatic rings. The maximum absolute atomic E-state index is 10.3. The van der Waals surface area contributed by atoms with Gasteiger partial charge in [0.05, 0.1) is 24.7 Å². The van der Waals surface area contributed by atoms with Crippen LogP contribution in [0.5, 0.6) is 11.5 Å². The number of alkyl halides is 1. The number of nitrogens with zero attached hydrogens (tertiary/aromatic N) is 3. The van der Waals surface area contributed by atoms with Gasteiger partial charge < -0.3 is 24.8 Å². The van der Waals surface area contributed by atoms with Gasteiger partial charge in [-0.25, -0.2) is 4.68 Å². The van der Waals surface area contributed by atoms with Gasteiger partial charge in [-0.05, 0) is 64.4 Å². The summed E-state index contributed by atoms with van der Waals surface area (Å²) in [5.74, 6) is 1.51. The van der Waals surface area contributed by atoms with E-state index in [0.29, 0.717) is 15.1 Å². The third-order valence-corrected chi connectivity index (χ3v) is 7.04. The van der Waals surface area contributed by atoms with Crippen LogP contribution in [0.3, 0.4) is 0 Å². The maximum atomic E-state index is 10.3. The van der Waals surface area contributed by atoms with E-state index in [4.69, 9.17) is 21.1 Å². The molecule has 3 N–H and O–H groups in total. The van der Waals surface area contributed by atoms with Crippen LogP contribution in [0, 0.1) is 10.6 Å². The lowest BCUT2D eigenvalue weighted by Crippen LogP contribution is -2.25. The molecule has 1 heterocycles. The largest absolute Gasteiger partial charge is 0.491 e. The number of aryl methyl sites for hydroxylation is 1. The lowest BCUT2D eigenvalue weighted by Gasteiger charge is -2.27. The highest BCUT2D eigenvalue weighted by atomic mass is 127. The zero-order chi connectivity index (χ0) is 25.6. The van der Waals surface area contributed by atoms with Crippen LogP contribution in [0.1, 0.15) is 36.2 Å². The molecule has 3 rings (SSSR count). The monoisotopic (exact) mass is 615 g/mol. The van der Waals surface area contributed by atoms with Gasteiger partial charge in [0.25, 0.3) is 0 Å². The molecular weight excluding hydrogens is 585 g/mol. The van der Waals surface area contributed by atoms with E-state index in [1.54, 1.807) is 0 Å². The molecule has 0 aliphatic heterocycles. The summed E-state index contributed by atoms with van der Waals surface area (Å²) in [7, 11) is 0. The van der Waals surface area contributed by atoms with E-state index in [-0.39, 0.29) is 37.7 Å². The zero-order valence-electron chi connectivity index (χ0n) is 20.0. The van der Waals surface area contributed by atoms with Crippen molar-refractivity contribution in [3.05, 3.63) is 68.5 Å². The second-order valence-corrected chi connectivity index (χ2v) is 10.2. The number of rotatable bonds is 12. The number of ether oxygens (including phenoxy) is 2. The second-order valence-electron chi connectivity index (χ2n) is 8.88. The Labute approximate surface area is 224 Å². The molecule has 0 amide bonds. The van der Waals surface area contributed by atoms with Gasteiger partial charge in [0, 0.05) is 5.41 Å². The third-order valence-electron chi connectivity index (χ3n) is 5.85. The highest BCUT2D eigenvalue weighted by Crippen LogP contribution is 2.34. The Morgan fingerprint density at radius 2 is 1.69 bits per heavy atom. The van der Waals surface area contributed by atoms with E-state index in [9.17, 15) is 15.3 Å². The summed E-state index contributed by atoms with van der Waals surface area (Å²) in [6, 6.07) is 13.9. The van der Waals surface area contributed by atoms with Gasteiger partial charge in [0.1, 0.15) is 40.6 Å². The van der Waals surface area contributed by atoms with E-state index >= 15 is 0 Å². The number of hydrogen-bond acceptors (Lipinski definition) is 7. The summed E-state index contributed by atoms with van der Waals surface area (Å²) in [5, 5.41) is 37.2. The molecule has 0 unspecified atom stereocenters. The van der Waals surface area contributed by atoms with Crippen molar-refractivity contribution < 1.29 is 24.8 Å². The third kappa shape index (κ3) is 7.07. The standard InChI is InChI=1S/C25H31ClIN3O5/c1-16-10-18(6-9-23(16)35-14-19(32)11-26)25(2,3)17-4-7-21(8-5-17)34-15-20(33)12-30-22(13-31)24(27)28-29-30/h4-10,19-20,31-33H,11-15H2,1-3H3/t19-,20-/m1/s1. The average molecular weight is 616 g/mol. The Balaban J connectivity index is 1.61. The molecule has 3 aromatic rings. The lowest BCUT2D eigenvalue weighted by molar-refractivity contribution is 0.0866. The van der Waals surface area contributed by atoms with Gasteiger partial charge >= 0.3 is 0 Å². The Hall–Kier alpha value is -1.92. The first-order valence-electron chi connectivity index (χ1n) is 11.2. The van der Waals surface area contributed by atoms with Crippen LogP contribution >= 0.6 is 34.2 Å². The van der Waals surface area contributed by atoms with Crippen molar-refractivity contribution in [1.29, 1.82) is 0 Å². The first-order chi connectivity index (χ1) is 16.6. The van der Waals surface area contributed by atoms with Gasteiger partial charge in [0.15, 0.2) is 0 Å². The topological polar surface area (TPSA) is 110 Å². The number of aliphatic hydroxyl groups is 3. The molecule has 1 aromatic heterocycles. The van der Waals surface area contributed by atoms with Crippen molar-refractivity contribution in [2.24, 2.45) is 0 Å². The van der Waals surface area contributed by atoms with Gasteiger partial charge in [-0.1, -0.05) is 43.3 Å². The molecule has 2 atom stereocenters. The van der Waals surface area contributed by atoms with Gasteiger partial charge in [0.2, 0.25) is 0 Å². The molecule has 190 valence electrons. The van der Waals surface area contributed by atoms with Crippen LogP contribution < -0.4 is 9.47 Å². The van der Waals surface area contributed by atoms with Crippen LogP contribution in [-0.4, -0.2) is 61.6 Å². The summed E-state index contributed by atoms with van der Waals surface area (Å²) in [6.07, 6.45) is -1.50. The molecule has 0 spiro atoms. The van der Waals surface area contributed by atoms with E-state index in [0.717, 1.165) is 22.4 Å². The van der Waals surface area contributed by atoms with E-state index in [1.807, 2.05) is 65.9 Å². The molecule has 0 fully saturated rings. The van der Waals surface area contributed by atoms with Crippen LogP contribution in [0.4, 0.5) is 0 Å². The van der Waals surface area contributed by atoms with E-state index in [1.165, 1.54) is 4.68 Å². The Kier molecular flexibility index (Phi) is 9.77. The van der Waals surface area contributed by atoms with E-state index < -0.39 is 12.2 Å². The molecule has 0 saturated heterocycles. The van der Waals surface area contributed by atoms with E-state index in [2.05, 4.69) is 30.2 Å². The van der Waals surface area contributed by atoms with Crippen LogP contribution in [0.15, 0.2) is 42.5 Å². The van der Waals surface area contributed by atoms with Crippen molar-refractivity contribution in [1.82, 2.24) is 15.0 Å². The summed E-state index contributed by atoms with van der Waals surface area (Å²) >= 11 is 7.63. The van der Waals surface area contributed by atoms with Crippen LogP contribution in [-0.2, 0) is 18.6 Å². The highest BCUT2D eigenvalue weighted by molar-refractivity contribution is 14.1. The molecule has 0 radical (unpaired) electrons. The van der Waals surface area contributed by atoms with Crippen LogP contribution in [0.25, 0.3) is 0 Å². The van der Waals surface area contributed by atoms with Crippen molar-refractivity contribution in [2.75, 3.05) is 19.1 Å². The first kappa shape index (κ1) is 27.7. The lowest BCUT2D eigenvalue weighted by atomic mass is 9.77. The highest BCUT2D eigenvalue weighted by Gasteiger charge is 2.24. The van der Waals surface area contributed by atoms with Crippen molar-refractivity contribution in [3.63, 3.8) is 0 Å². The van der Waals surface area contributed by atoms with Crippen molar-refractivity contribution >= 4 is 34.2 Å². The van der Waals surface area contributed by atoms with Crippen LogP contribution in [0.2, 0.25) is 0 Å². The summed E-state index contributed by atoms with van der Waals surface area (Å²) in [5.41, 5.74) is 3.53. The Morgan fingerprint density at radius 1 is 1.03 bits per heavy atom. The fourth-order valence-corrected chi connectivity index (χ4v) is 4.25. The minimum Gasteiger partial charge on any atom is -0.491 e. The normalized spacial score (nSPS) is 13.5. The first-order valence-corrected chi connectivity index (χ1v) is 12.8. The Bertz CT molecular complexity index is 1110. The minimum absolute atomic E-state index is 0.0864. The average Bonchev–Trinajstić information content (AvgIpc) is 3.20. The predicted octanol–water partition coefficient (Wildman–Crippen LogP) is 3.43. The number of hydrogen-bond donors (Lipinski definition) is 3. The molecule has 2 aromatic carbocycles. The number of halogens is 2. The number of aliphatic hydroxyl groups excluding tert-OH is 3. The molecule has 0 bridgehead atoms. The number of benzene rings is 2. The predicted molar refractivity (Wildman–Crippen MR) is 142 cm³/mol. The SMILES string of the molecule is Cc1cc(C(C)(C)c2ccc(OC[C@H](O)Cn3nnc(I)c3CO)cc2)ccc1OC[C@H](O)CCl. The number of aromatic nitrogens is 3. The fourth-order valence-electron chi connectivity index (χ4n) is 3.61. The smallest absolute Gasteiger partial charge is 0.149 e. The second kappa shape index (κ2) is 12.4. The maximum Gasteiger partial charge on any atom is 0.149 e. The zero-order valence-corrected chi connectivity index (χ0v) is 22.9. The molecule has 0 aliphatic carbocycles. The summed E-state index contributed by atoms with van der Waals surface area (Å²) < 4.78 is 13.5. The summed E-state index contributed by atoms with van der Waals surface area (Å²) in [6.45, 7) is 6.51.